The fourth-order valence-corrected chi connectivity index (χ4v) is 2.71. The lowest BCUT2D eigenvalue weighted by molar-refractivity contribution is -0.116. The zero-order valence-corrected chi connectivity index (χ0v) is 15.1. The van der Waals surface area contributed by atoms with Gasteiger partial charge in [-0.1, -0.05) is 30.3 Å². The molecule has 0 bridgehead atoms. The number of anilines is 1. The minimum atomic E-state index is -0.351. The van der Waals surface area contributed by atoms with Crippen LogP contribution in [0, 0.1) is 6.92 Å². The maximum atomic E-state index is 12.5. The van der Waals surface area contributed by atoms with Gasteiger partial charge in [0.25, 0.3) is 5.56 Å². The lowest BCUT2D eigenvalue weighted by Gasteiger charge is -2.13. The van der Waals surface area contributed by atoms with Crippen molar-refractivity contribution in [2.24, 2.45) is 0 Å². The molecule has 1 N–H and O–H groups in total. The van der Waals surface area contributed by atoms with E-state index in [1.807, 2.05) is 30.3 Å². The van der Waals surface area contributed by atoms with Gasteiger partial charge in [0.2, 0.25) is 5.91 Å². The largest absolute Gasteiger partial charge is 0.325 e. The van der Waals surface area contributed by atoms with Crippen LogP contribution in [0.4, 0.5) is 5.69 Å². The van der Waals surface area contributed by atoms with Crippen molar-refractivity contribution < 1.29 is 9.59 Å². The topological polar surface area (TPSA) is 81.1 Å². The molecule has 0 saturated carbocycles. The molecule has 6 heteroatoms. The standard InChI is InChI=1S/C21H19N3O3/c1-14-12-20(27)24(21(22-14)17-6-4-3-5-7-17)13-19(26)23-18-10-8-16(9-11-18)15(2)25/h3-12H,13H2,1-2H3,(H,23,26). The Morgan fingerprint density at radius 1 is 1.04 bits per heavy atom. The van der Waals surface area contributed by atoms with E-state index >= 15 is 0 Å². The van der Waals surface area contributed by atoms with Crippen LogP contribution in [0.25, 0.3) is 11.4 Å². The Balaban J connectivity index is 1.85. The fourth-order valence-electron chi connectivity index (χ4n) is 2.71. The van der Waals surface area contributed by atoms with Crippen molar-refractivity contribution >= 4 is 17.4 Å². The van der Waals surface area contributed by atoms with E-state index in [0.29, 0.717) is 22.8 Å². The van der Waals surface area contributed by atoms with Gasteiger partial charge in [0.1, 0.15) is 12.4 Å². The number of carbonyl (C=O) groups excluding carboxylic acids is 2. The molecule has 0 unspecified atom stereocenters. The van der Waals surface area contributed by atoms with Gasteiger partial charge in [0, 0.05) is 28.6 Å². The summed E-state index contributed by atoms with van der Waals surface area (Å²) >= 11 is 0. The molecular formula is C21H19N3O3. The second-order valence-corrected chi connectivity index (χ2v) is 6.19. The number of aromatic nitrogens is 2. The third-order valence-corrected chi connectivity index (χ3v) is 4.05. The Labute approximate surface area is 156 Å². The maximum absolute atomic E-state index is 12.5. The molecule has 2 aromatic carbocycles. The lowest BCUT2D eigenvalue weighted by Crippen LogP contribution is -2.29. The summed E-state index contributed by atoms with van der Waals surface area (Å²) < 4.78 is 1.35. The molecule has 1 amide bonds. The summed E-state index contributed by atoms with van der Waals surface area (Å²) in [5.41, 5.74) is 2.19. The van der Waals surface area contributed by atoms with Crippen LogP contribution in [-0.2, 0) is 11.3 Å². The number of amides is 1. The second-order valence-electron chi connectivity index (χ2n) is 6.19. The summed E-state index contributed by atoms with van der Waals surface area (Å²) in [5, 5.41) is 2.74. The number of benzene rings is 2. The van der Waals surface area contributed by atoms with Gasteiger partial charge < -0.3 is 5.32 Å². The highest BCUT2D eigenvalue weighted by Crippen LogP contribution is 2.16. The molecule has 1 heterocycles. The molecule has 0 aliphatic rings. The van der Waals surface area contributed by atoms with Gasteiger partial charge in [0.05, 0.1) is 0 Å². The van der Waals surface area contributed by atoms with Crippen molar-refractivity contribution in [3.05, 3.63) is 82.3 Å². The number of hydrogen-bond donors (Lipinski definition) is 1. The van der Waals surface area contributed by atoms with Gasteiger partial charge in [0.15, 0.2) is 5.78 Å². The van der Waals surface area contributed by atoms with Crippen molar-refractivity contribution in [3.63, 3.8) is 0 Å². The first-order chi connectivity index (χ1) is 12.9. The van der Waals surface area contributed by atoms with E-state index in [2.05, 4.69) is 10.3 Å². The highest BCUT2D eigenvalue weighted by molar-refractivity contribution is 5.95. The SMILES string of the molecule is CC(=O)c1ccc(NC(=O)Cn2c(-c3ccccc3)nc(C)cc2=O)cc1. The maximum Gasteiger partial charge on any atom is 0.254 e. The van der Waals surface area contributed by atoms with Crippen molar-refractivity contribution in [3.8, 4) is 11.4 Å². The first-order valence-corrected chi connectivity index (χ1v) is 8.49. The fraction of sp³-hybridized carbons (Fsp3) is 0.143. The molecule has 0 aliphatic carbocycles. The number of Topliss-reactive ketones (excluding diaryl/α,β-unsaturated/α-hetero) is 1. The molecule has 3 rings (SSSR count). The summed E-state index contributed by atoms with van der Waals surface area (Å²) in [7, 11) is 0. The first-order valence-electron chi connectivity index (χ1n) is 8.49. The predicted molar refractivity (Wildman–Crippen MR) is 104 cm³/mol. The monoisotopic (exact) mass is 361 g/mol. The average Bonchev–Trinajstić information content (AvgIpc) is 2.65. The minimum Gasteiger partial charge on any atom is -0.325 e. The predicted octanol–water partition coefficient (Wildman–Crippen LogP) is 3.06. The summed E-state index contributed by atoms with van der Waals surface area (Å²) in [5.74, 6) is 0.0517. The zero-order chi connectivity index (χ0) is 19.4. The molecule has 0 radical (unpaired) electrons. The van der Waals surface area contributed by atoms with E-state index in [1.165, 1.54) is 17.6 Å². The number of nitrogens with zero attached hydrogens (tertiary/aromatic N) is 2. The summed E-state index contributed by atoms with van der Waals surface area (Å²) in [6.07, 6.45) is 0. The van der Waals surface area contributed by atoms with E-state index < -0.39 is 0 Å². The van der Waals surface area contributed by atoms with Crippen molar-refractivity contribution in [1.82, 2.24) is 9.55 Å². The van der Waals surface area contributed by atoms with Crippen molar-refractivity contribution in [2.75, 3.05) is 5.32 Å². The molecule has 136 valence electrons. The number of carbonyl (C=O) groups is 2. The van der Waals surface area contributed by atoms with Crippen LogP contribution in [0.15, 0.2) is 65.5 Å². The summed E-state index contributed by atoms with van der Waals surface area (Å²) in [6, 6.07) is 17.3. The average molecular weight is 361 g/mol. The minimum absolute atomic E-state index is 0.0438. The molecule has 0 spiro atoms. The molecule has 0 atom stereocenters. The number of nitrogens with one attached hydrogen (secondary N) is 1. The van der Waals surface area contributed by atoms with Crippen LogP contribution >= 0.6 is 0 Å². The molecule has 1 aromatic heterocycles. The Hall–Kier alpha value is -3.54. The molecule has 0 fully saturated rings. The number of rotatable bonds is 5. The van der Waals surface area contributed by atoms with Crippen LogP contribution in [0.1, 0.15) is 23.0 Å². The van der Waals surface area contributed by atoms with Gasteiger partial charge >= 0.3 is 0 Å². The third kappa shape index (κ3) is 4.36. The Bertz CT molecular complexity index is 1040. The number of ketones is 1. The smallest absolute Gasteiger partial charge is 0.254 e. The van der Waals surface area contributed by atoms with Crippen LogP contribution in [-0.4, -0.2) is 21.2 Å². The van der Waals surface area contributed by atoms with Gasteiger partial charge in [-0.25, -0.2) is 4.98 Å². The molecule has 0 aliphatic heterocycles. The molecule has 3 aromatic rings. The third-order valence-electron chi connectivity index (χ3n) is 4.05. The van der Waals surface area contributed by atoms with E-state index in [1.54, 1.807) is 31.2 Å². The molecular weight excluding hydrogens is 342 g/mol. The first kappa shape index (κ1) is 18.3. The quantitative estimate of drug-likeness (QED) is 0.708. The van der Waals surface area contributed by atoms with E-state index in [-0.39, 0.29) is 23.8 Å². The van der Waals surface area contributed by atoms with E-state index in [4.69, 9.17) is 0 Å². The highest BCUT2D eigenvalue weighted by atomic mass is 16.2. The van der Waals surface area contributed by atoms with Crippen LogP contribution in [0.3, 0.4) is 0 Å². The van der Waals surface area contributed by atoms with E-state index in [0.717, 1.165) is 5.56 Å². The summed E-state index contributed by atoms with van der Waals surface area (Å²) in [6.45, 7) is 3.06. The highest BCUT2D eigenvalue weighted by Gasteiger charge is 2.13. The van der Waals surface area contributed by atoms with Gasteiger partial charge in [-0.2, -0.15) is 0 Å². The Morgan fingerprint density at radius 3 is 2.33 bits per heavy atom. The van der Waals surface area contributed by atoms with Gasteiger partial charge in [-0.05, 0) is 38.1 Å². The molecule has 27 heavy (non-hydrogen) atoms. The van der Waals surface area contributed by atoms with Crippen LogP contribution < -0.4 is 10.9 Å². The number of hydrogen-bond acceptors (Lipinski definition) is 4. The van der Waals surface area contributed by atoms with Crippen molar-refractivity contribution in [2.45, 2.75) is 20.4 Å². The summed E-state index contributed by atoms with van der Waals surface area (Å²) in [4.78, 5) is 40.7. The molecule has 0 saturated heterocycles. The van der Waals surface area contributed by atoms with Crippen LogP contribution in [0.5, 0.6) is 0 Å². The van der Waals surface area contributed by atoms with E-state index in [9.17, 15) is 14.4 Å². The zero-order valence-electron chi connectivity index (χ0n) is 15.1. The number of aryl methyl sites for hydroxylation is 1. The molecule has 6 nitrogen and oxygen atoms in total. The Morgan fingerprint density at radius 2 is 1.70 bits per heavy atom. The Kier molecular flexibility index (Phi) is 5.26. The normalized spacial score (nSPS) is 10.4. The second kappa shape index (κ2) is 7.78. The van der Waals surface area contributed by atoms with Crippen LogP contribution in [0.2, 0.25) is 0 Å². The van der Waals surface area contributed by atoms with Gasteiger partial charge in [-0.3, -0.25) is 19.0 Å². The van der Waals surface area contributed by atoms with Crippen molar-refractivity contribution in [1.29, 1.82) is 0 Å². The van der Waals surface area contributed by atoms with Gasteiger partial charge in [-0.15, -0.1) is 0 Å². The lowest BCUT2D eigenvalue weighted by atomic mass is 10.1.